The molecule has 1 unspecified atom stereocenters. The Kier molecular flexibility index (Phi) is 2.96. The second-order valence-electron chi connectivity index (χ2n) is 4.56. The fraction of sp³-hybridized carbons (Fsp3) is 0.636. The predicted molar refractivity (Wildman–Crippen MR) is 59.1 cm³/mol. The molecule has 2 heterocycles. The average Bonchev–Trinajstić information content (AvgIpc) is 2.65. The number of rotatable bonds is 3. The van der Waals surface area contributed by atoms with E-state index in [1.165, 1.54) is 0 Å². The molecule has 5 heteroatoms. The molecule has 0 amide bonds. The zero-order valence-electron chi connectivity index (χ0n) is 9.44. The highest BCUT2D eigenvalue weighted by atomic mass is 16.4. The highest BCUT2D eigenvalue weighted by molar-refractivity contribution is 5.75. The summed E-state index contributed by atoms with van der Waals surface area (Å²) in [6.07, 6.45) is 5.86. The van der Waals surface area contributed by atoms with Crippen LogP contribution in [0.2, 0.25) is 0 Å². The summed E-state index contributed by atoms with van der Waals surface area (Å²) in [5.41, 5.74) is 0.343. The zero-order valence-corrected chi connectivity index (χ0v) is 9.44. The van der Waals surface area contributed by atoms with Crippen LogP contribution >= 0.6 is 0 Å². The van der Waals surface area contributed by atoms with Crippen LogP contribution in [0.4, 0.5) is 0 Å². The van der Waals surface area contributed by atoms with Gasteiger partial charge in [-0.1, -0.05) is 0 Å². The number of nitrogens with zero attached hydrogens (tertiary/aromatic N) is 2. The molecule has 0 saturated carbocycles. The van der Waals surface area contributed by atoms with E-state index in [-0.39, 0.29) is 0 Å². The van der Waals surface area contributed by atoms with Crippen molar-refractivity contribution in [3.8, 4) is 0 Å². The quantitative estimate of drug-likeness (QED) is 0.779. The second-order valence-corrected chi connectivity index (χ2v) is 4.56. The van der Waals surface area contributed by atoms with Crippen molar-refractivity contribution < 1.29 is 9.90 Å². The first-order chi connectivity index (χ1) is 7.62. The van der Waals surface area contributed by atoms with Crippen molar-refractivity contribution in [1.29, 1.82) is 0 Å². The third kappa shape index (κ3) is 2.09. The van der Waals surface area contributed by atoms with Gasteiger partial charge in [0.15, 0.2) is 0 Å². The molecule has 1 fully saturated rings. The number of carboxylic acids is 1. The van der Waals surface area contributed by atoms with Gasteiger partial charge >= 0.3 is 5.97 Å². The maximum Gasteiger partial charge on any atom is 0.311 e. The lowest BCUT2D eigenvalue weighted by molar-refractivity contribution is -0.150. The number of aryl methyl sites for hydroxylation is 1. The van der Waals surface area contributed by atoms with Crippen LogP contribution in [0, 0.1) is 5.41 Å². The summed E-state index contributed by atoms with van der Waals surface area (Å²) in [5.74, 6) is -0.705. The Balaban J connectivity index is 2.16. The van der Waals surface area contributed by atoms with Gasteiger partial charge in [0.25, 0.3) is 0 Å². The van der Waals surface area contributed by atoms with Crippen LogP contribution in [0.15, 0.2) is 12.4 Å². The molecule has 88 valence electrons. The first-order valence-corrected chi connectivity index (χ1v) is 5.54. The minimum absolute atomic E-state index is 0.553. The number of hydrogen-bond acceptors (Lipinski definition) is 3. The smallest absolute Gasteiger partial charge is 0.311 e. The molecular weight excluding hydrogens is 206 g/mol. The Morgan fingerprint density at radius 2 is 2.56 bits per heavy atom. The van der Waals surface area contributed by atoms with Crippen LogP contribution in [-0.2, 0) is 18.3 Å². The summed E-state index contributed by atoms with van der Waals surface area (Å²) in [4.78, 5) is 11.4. The van der Waals surface area contributed by atoms with Gasteiger partial charge in [0.1, 0.15) is 0 Å². The van der Waals surface area contributed by atoms with E-state index in [9.17, 15) is 9.90 Å². The van der Waals surface area contributed by atoms with Crippen molar-refractivity contribution in [3.05, 3.63) is 18.0 Å². The Bertz CT molecular complexity index is 380. The SMILES string of the molecule is Cn1cc(CC2(C(=O)O)CCCNC2)cn1. The van der Waals surface area contributed by atoms with Crippen LogP contribution in [0.1, 0.15) is 18.4 Å². The van der Waals surface area contributed by atoms with Gasteiger partial charge in [0, 0.05) is 19.8 Å². The predicted octanol–water partition coefficient (Wildman–Crippen LogP) is 0.417. The van der Waals surface area contributed by atoms with Crippen molar-refractivity contribution in [1.82, 2.24) is 15.1 Å². The van der Waals surface area contributed by atoms with E-state index in [2.05, 4.69) is 10.4 Å². The standard InChI is InChI=1S/C11H17N3O2/c1-14-7-9(6-13-14)5-11(10(15)16)3-2-4-12-8-11/h6-7,12H,2-5,8H2,1H3,(H,15,16). The van der Waals surface area contributed by atoms with Crippen LogP contribution < -0.4 is 5.32 Å². The molecule has 1 atom stereocenters. The Morgan fingerprint density at radius 3 is 3.06 bits per heavy atom. The summed E-state index contributed by atoms with van der Waals surface area (Å²) < 4.78 is 1.71. The molecule has 0 spiro atoms. The van der Waals surface area contributed by atoms with Crippen molar-refractivity contribution in [2.45, 2.75) is 19.3 Å². The molecule has 0 aromatic carbocycles. The van der Waals surface area contributed by atoms with Gasteiger partial charge in [0.05, 0.1) is 11.6 Å². The van der Waals surface area contributed by atoms with Crippen molar-refractivity contribution >= 4 is 5.97 Å². The van der Waals surface area contributed by atoms with Crippen LogP contribution in [0.25, 0.3) is 0 Å². The number of carboxylic acid groups (broad SMARTS) is 1. The number of aliphatic carboxylic acids is 1. The largest absolute Gasteiger partial charge is 0.481 e. The molecule has 5 nitrogen and oxygen atoms in total. The van der Waals surface area contributed by atoms with Crippen LogP contribution in [0.3, 0.4) is 0 Å². The molecule has 16 heavy (non-hydrogen) atoms. The molecule has 1 aromatic heterocycles. The van der Waals surface area contributed by atoms with Gasteiger partial charge in [-0.3, -0.25) is 9.48 Å². The normalized spacial score (nSPS) is 25.6. The van der Waals surface area contributed by atoms with E-state index in [4.69, 9.17) is 0 Å². The molecule has 2 rings (SSSR count). The third-order valence-electron chi connectivity index (χ3n) is 3.23. The molecule has 0 bridgehead atoms. The number of carbonyl (C=O) groups is 1. The minimum Gasteiger partial charge on any atom is -0.481 e. The van der Waals surface area contributed by atoms with E-state index < -0.39 is 11.4 Å². The summed E-state index contributed by atoms with van der Waals surface area (Å²) in [7, 11) is 1.84. The topological polar surface area (TPSA) is 67.2 Å². The maximum absolute atomic E-state index is 11.4. The highest BCUT2D eigenvalue weighted by Crippen LogP contribution is 2.30. The molecule has 1 aromatic rings. The van der Waals surface area contributed by atoms with Crippen LogP contribution in [-0.4, -0.2) is 33.9 Å². The summed E-state index contributed by atoms with van der Waals surface area (Å²) in [5, 5.41) is 16.6. The van der Waals surface area contributed by atoms with Crippen molar-refractivity contribution in [3.63, 3.8) is 0 Å². The zero-order chi connectivity index (χ0) is 11.6. The molecule has 1 aliphatic heterocycles. The number of nitrogens with one attached hydrogen (secondary N) is 1. The van der Waals surface area contributed by atoms with E-state index in [1.807, 2.05) is 13.2 Å². The first-order valence-electron chi connectivity index (χ1n) is 5.54. The minimum atomic E-state index is -0.705. The molecule has 1 aliphatic rings. The highest BCUT2D eigenvalue weighted by Gasteiger charge is 2.39. The third-order valence-corrected chi connectivity index (χ3v) is 3.23. The van der Waals surface area contributed by atoms with Gasteiger partial charge in [-0.05, 0) is 31.4 Å². The van der Waals surface area contributed by atoms with E-state index >= 15 is 0 Å². The van der Waals surface area contributed by atoms with Crippen molar-refractivity contribution in [2.75, 3.05) is 13.1 Å². The fourth-order valence-corrected chi connectivity index (χ4v) is 2.33. The number of hydrogen-bond donors (Lipinski definition) is 2. The van der Waals surface area contributed by atoms with E-state index in [0.717, 1.165) is 24.9 Å². The summed E-state index contributed by atoms with van der Waals surface area (Å²) in [6, 6.07) is 0. The molecule has 2 N–H and O–H groups in total. The Hall–Kier alpha value is -1.36. The lowest BCUT2D eigenvalue weighted by Crippen LogP contribution is -2.46. The molecule has 0 aliphatic carbocycles. The summed E-state index contributed by atoms with van der Waals surface area (Å²) in [6.45, 7) is 1.47. The van der Waals surface area contributed by atoms with Crippen molar-refractivity contribution in [2.24, 2.45) is 12.5 Å². The fourth-order valence-electron chi connectivity index (χ4n) is 2.33. The monoisotopic (exact) mass is 223 g/mol. The second kappa shape index (κ2) is 4.25. The Labute approximate surface area is 94.5 Å². The van der Waals surface area contributed by atoms with E-state index in [0.29, 0.717) is 13.0 Å². The van der Waals surface area contributed by atoms with Gasteiger partial charge in [-0.25, -0.2) is 0 Å². The van der Waals surface area contributed by atoms with Crippen LogP contribution in [0.5, 0.6) is 0 Å². The molecular formula is C11H17N3O2. The lowest BCUT2D eigenvalue weighted by Gasteiger charge is -2.33. The average molecular weight is 223 g/mol. The maximum atomic E-state index is 11.4. The number of aromatic nitrogens is 2. The summed E-state index contributed by atoms with van der Waals surface area (Å²) >= 11 is 0. The molecule has 1 saturated heterocycles. The van der Waals surface area contributed by atoms with Gasteiger partial charge in [-0.15, -0.1) is 0 Å². The Morgan fingerprint density at radius 1 is 1.75 bits per heavy atom. The van der Waals surface area contributed by atoms with Gasteiger partial charge < -0.3 is 10.4 Å². The van der Waals surface area contributed by atoms with Gasteiger partial charge in [-0.2, -0.15) is 5.10 Å². The first kappa shape index (κ1) is 11.1. The molecule has 0 radical (unpaired) electrons. The lowest BCUT2D eigenvalue weighted by atomic mass is 9.76. The van der Waals surface area contributed by atoms with Gasteiger partial charge in [0.2, 0.25) is 0 Å². The number of piperidine rings is 1. The van der Waals surface area contributed by atoms with E-state index in [1.54, 1.807) is 10.9 Å².